The van der Waals surface area contributed by atoms with Crippen LogP contribution < -0.4 is 25.3 Å². The summed E-state index contributed by atoms with van der Waals surface area (Å²) < 4.78 is 42.0. The molecule has 6 rings (SSSR count). The number of nitrogens with zero attached hydrogens (tertiary/aromatic N) is 2. The average Bonchev–Trinajstić information content (AvgIpc) is 3.28. The van der Waals surface area contributed by atoms with Crippen molar-refractivity contribution in [2.24, 2.45) is 0 Å². The van der Waals surface area contributed by atoms with E-state index in [0.717, 1.165) is 29.1 Å². The van der Waals surface area contributed by atoms with Crippen LogP contribution in [-0.4, -0.2) is 55.2 Å². The third-order valence-electron chi connectivity index (χ3n) is 7.13. The Morgan fingerprint density at radius 2 is 1.95 bits per heavy atom. The molecule has 2 aliphatic heterocycles. The Hall–Kier alpha value is -4.12. The maximum atomic E-state index is 15.7. The summed E-state index contributed by atoms with van der Waals surface area (Å²) in [7, 11) is 2.93. The van der Waals surface area contributed by atoms with Crippen LogP contribution in [0.2, 0.25) is 0 Å². The highest BCUT2D eigenvalue weighted by molar-refractivity contribution is 5.97. The number of carboxylic acids is 1. The minimum Gasteiger partial charge on any atom is -0.497 e. The van der Waals surface area contributed by atoms with Crippen molar-refractivity contribution >= 4 is 28.3 Å². The van der Waals surface area contributed by atoms with Crippen LogP contribution >= 0.6 is 0 Å². The van der Waals surface area contributed by atoms with Crippen LogP contribution in [0.1, 0.15) is 28.4 Å². The summed E-state index contributed by atoms with van der Waals surface area (Å²) in [6.45, 7) is 0.609. The van der Waals surface area contributed by atoms with E-state index in [-0.39, 0.29) is 34.9 Å². The zero-order valence-corrected chi connectivity index (χ0v) is 20.0. The van der Waals surface area contributed by atoms with Crippen molar-refractivity contribution in [3.8, 4) is 11.5 Å². The van der Waals surface area contributed by atoms with Gasteiger partial charge in [0, 0.05) is 30.3 Å². The molecule has 2 N–H and O–H groups in total. The van der Waals surface area contributed by atoms with Crippen molar-refractivity contribution in [2.45, 2.75) is 24.7 Å². The molecule has 3 heterocycles. The second kappa shape index (κ2) is 8.48. The van der Waals surface area contributed by atoms with E-state index in [9.17, 15) is 19.1 Å². The van der Waals surface area contributed by atoms with Crippen molar-refractivity contribution in [1.82, 2.24) is 10.0 Å². The summed E-state index contributed by atoms with van der Waals surface area (Å²) in [6, 6.07) is 7.79. The Balaban J connectivity index is 1.48. The molecule has 0 radical (unpaired) electrons. The van der Waals surface area contributed by atoms with Crippen LogP contribution in [0, 0.1) is 5.82 Å². The molecule has 0 spiro atoms. The lowest BCUT2D eigenvalue weighted by molar-refractivity contribution is 0.0578. The first-order chi connectivity index (χ1) is 17.8. The number of hydrogen-bond acceptors (Lipinski definition) is 7. The number of methoxy groups -OCH3 is 2. The first kappa shape index (κ1) is 23.3. The van der Waals surface area contributed by atoms with Gasteiger partial charge in [0.15, 0.2) is 11.6 Å². The number of fused-ring (bicyclic) bond motifs is 2. The smallest absolute Gasteiger partial charge is 0.341 e. The van der Waals surface area contributed by atoms with E-state index in [1.165, 1.54) is 11.7 Å². The Bertz CT molecular complexity index is 1530. The number of nitrogens with one attached hydrogen (secondary N) is 1. The Labute approximate surface area is 209 Å². The number of benzene rings is 2. The number of aromatic carboxylic acids is 1. The van der Waals surface area contributed by atoms with Gasteiger partial charge in [-0.2, -0.15) is 0 Å². The molecule has 9 nitrogen and oxygen atoms in total. The fourth-order valence-corrected chi connectivity index (χ4v) is 5.18. The van der Waals surface area contributed by atoms with Gasteiger partial charge in [-0.05, 0) is 30.3 Å². The molecule has 3 aliphatic rings. The topological polar surface area (TPSA) is 102 Å². The van der Waals surface area contributed by atoms with E-state index >= 15 is 4.39 Å². The lowest BCUT2D eigenvalue weighted by Gasteiger charge is -2.25. The fraction of sp³-hybridized carbons (Fsp3) is 0.308. The molecule has 192 valence electrons. The summed E-state index contributed by atoms with van der Waals surface area (Å²) in [5.41, 5.74) is 4.39. The van der Waals surface area contributed by atoms with Gasteiger partial charge in [-0.15, -0.1) is 0 Å². The van der Waals surface area contributed by atoms with Crippen molar-refractivity contribution in [2.75, 3.05) is 32.2 Å². The zero-order valence-electron chi connectivity index (χ0n) is 20.0. The quantitative estimate of drug-likeness (QED) is 0.520. The zero-order chi connectivity index (χ0) is 26.0. The molecule has 37 heavy (non-hydrogen) atoms. The summed E-state index contributed by atoms with van der Waals surface area (Å²) in [5.74, 6) is -1.45. The normalized spacial score (nSPS) is 22.3. The average molecular weight is 511 g/mol. The number of rotatable bonds is 6. The molecule has 2 aromatic carbocycles. The van der Waals surface area contributed by atoms with Gasteiger partial charge >= 0.3 is 5.97 Å². The maximum absolute atomic E-state index is 15.7. The maximum Gasteiger partial charge on any atom is 0.341 e. The third-order valence-corrected chi connectivity index (χ3v) is 7.13. The highest BCUT2D eigenvalue weighted by Gasteiger charge is 2.42. The van der Waals surface area contributed by atoms with Gasteiger partial charge in [-0.25, -0.2) is 13.6 Å². The number of carbonyl (C=O) groups is 1. The molecule has 2 fully saturated rings. The van der Waals surface area contributed by atoms with Crippen molar-refractivity contribution in [3.05, 3.63) is 69.3 Å². The van der Waals surface area contributed by atoms with Crippen LogP contribution in [0.3, 0.4) is 0 Å². The molecule has 1 saturated carbocycles. The molecule has 0 amide bonds. The van der Waals surface area contributed by atoms with E-state index in [2.05, 4.69) is 5.48 Å². The summed E-state index contributed by atoms with van der Waals surface area (Å²) in [4.78, 5) is 32.1. The highest BCUT2D eigenvalue weighted by atomic mass is 19.1. The van der Waals surface area contributed by atoms with Gasteiger partial charge in [0.25, 0.3) is 0 Å². The number of aromatic nitrogens is 1. The number of halogens is 2. The molecule has 1 saturated heterocycles. The van der Waals surface area contributed by atoms with Gasteiger partial charge in [-0.3, -0.25) is 15.1 Å². The Kier molecular flexibility index (Phi) is 5.34. The van der Waals surface area contributed by atoms with Crippen molar-refractivity contribution < 1.29 is 33.0 Å². The SMILES string of the molecule is COc1ccc(C2=C3CN(c4c(F)cc5c(=O)c(C(=O)O)cn(C6CC6F)c5c4OC)CC3ON2)cc1. The van der Waals surface area contributed by atoms with E-state index in [0.29, 0.717) is 18.8 Å². The summed E-state index contributed by atoms with van der Waals surface area (Å²) >= 11 is 0. The van der Waals surface area contributed by atoms with Crippen molar-refractivity contribution in [1.29, 1.82) is 0 Å². The lowest BCUT2D eigenvalue weighted by atomic mass is 10.1. The van der Waals surface area contributed by atoms with Gasteiger partial charge in [0.1, 0.15) is 29.3 Å². The van der Waals surface area contributed by atoms with Gasteiger partial charge in [0.2, 0.25) is 5.43 Å². The molecule has 0 bridgehead atoms. The Morgan fingerprint density at radius 3 is 2.57 bits per heavy atom. The summed E-state index contributed by atoms with van der Waals surface area (Å²) in [5, 5.41) is 9.33. The molecule has 3 unspecified atom stereocenters. The standard InChI is InChI=1S/C26H23F2N3O6/c1-35-13-5-3-12(4-6-13)21-15-9-30(11-20(15)37-29-21)23-18(28)7-14-22(25(23)36-2)31(19-8-17(19)27)10-16(24(14)32)26(33)34/h3-7,10,17,19-20,29H,8-9,11H2,1-2H3,(H,33,34). The highest BCUT2D eigenvalue weighted by Crippen LogP contribution is 2.46. The second-order valence-corrected chi connectivity index (χ2v) is 9.26. The molecular formula is C26H23F2N3O6. The van der Waals surface area contributed by atoms with Crippen LogP contribution in [0.5, 0.6) is 11.5 Å². The number of ether oxygens (including phenoxy) is 2. The number of carboxylic acid groups (broad SMARTS) is 1. The molecular weight excluding hydrogens is 488 g/mol. The van der Waals surface area contributed by atoms with Gasteiger partial charge in [-0.1, -0.05) is 0 Å². The van der Waals surface area contributed by atoms with Gasteiger partial charge < -0.3 is 24.0 Å². The van der Waals surface area contributed by atoms with E-state index < -0.39 is 35.0 Å². The predicted molar refractivity (Wildman–Crippen MR) is 130 cm³/mol. The van der Waals surface area contributed by atoms with E-state index in [1.807, 2.05) is 24.3 Å². The first-order valence-corrected chi connectivity index (χ1v) is 11.7. The minimum atomic E-state index is -1.46. The van der Waals surface area contributed by atoms with Crippen LogP contribution in [0.4, 0.5) is 14.5 Å². The van der Waals surface area contributed by atoms with Crippen LogP contribution in [-0.2, 0) is 4.84 Å². The summed E-state index contributed by atoms with van der Waals surface area (Å²) in [6.07, 6.45) is -0.270. The van der Waals surface area contributed by atoms with Crippen LogP contribution in [0.25, 0.3) is 16.6 Å². The predicted octanol–water partition coefficient (Wildman–Crippen LogP) is 3.27. The number of pyridine rings is 1. The largest absolute Gasteiger partial charge is 0.497 e. The number of hydrogen-bond donors (Lipinski definition) is 2. The minimum absolute atomic E-state index is 0.0441. The number of anilines is 1. The van der Waals surface area contributed by atoms with Crippen LogP contribution in [0.15, 0.2) is 46.9 Å². The number of alkyl halides is 1. The molecule has 1 aliphatic carbocycles. The molecule has 11 heteroatoms. The second-order valence-electron chi connectivity index (χ2n) is 9.26. The van der Waals surface area contributed by atoms with E-state index in [4.69, 9.17) is 14.3 Å². The van der Waals surface area contributed by atoms with E-state index in [1.54, 1.807) is 12.0 Å². The molecule has 3 aromatic rings. The molecule has 1 aromatic heterocycles. The lowest BCUT2D eigenvalue weighted by Crippen LogP contribution is -2.27. The number of hydroxylamine groups is 1. The molecule has 3 atom stereocenters. The van der Waals surface area contributed by atoms with Gasteiger partial charge in [0.05, 0.1) is 43.4 Å². The van der Waals surface area contributed by atoms with Crippen molar-refractivity contribution in [3.63, 3.8) is 0 Å². The first-order valence-electron chi connectivity index (χ1n) is 11.7. The monoisotopic (exact) mass is 511 g/mol. The fourth-order valence-electron chi connectivity index (χ4n) is 5.18. The Morgan fingerprint density at radius 1 is 1.22 bits per heavy atom. The third kappa shape index (κ3) is 3.60.